The van der Waals surface area contributed by atoms with Crippen molar-refractivity contribution in [3.05, 3.63) is 89.7 Å². The maximum Gasteiger partial charge on any atom is 0.264 e. The van der Waals surface area contributed by atoms with Crippen molar-refractivity contribution >= 4 is 27.5 Å². The van der Waals surface area contributed by atoms with E-state index in [9.17, 15) is 22.4 Å². The van der Waals surface area contributed by atoms with Crippen LogP contribution in [0.15, 0.2) is 77.7 Å². The lowest BCUT2D eigenvalue weighted by Gasteiger charge is -2.32. The third kappa shape index (κ3) is 7.38. The molecule has 3 aromatic carbocycles. The Morgan fingerprint density at radius 3 is 2.20 bits per heavy atom. The van der Waals surface area contributed by atoms with Crippen LogP contribution in [0.1, 0.15) is 38.3 Å². The zero-order chi connectivity index (χ0) is 29.4. The molecule has 40 heavy (non-hydrogen) atoms. The van der Waals surface area contributed by atoms with Crippen molar-refractivity contribution in [2.24, 2.45) is 0 Å². The lowest BCUT2D eigenvalue weighted by molar-refractivity contribution is -0.139. The molecule has 8 nitrogen and oxygen atoms in total. The largest absolute Gasteiger partial charge is 0.495 e. The Morgan fingerprint density at radius 1 is 0.975 bits per heavy atom. The van der Waals surface area contributed by atoms with Crippen molar-refractivity contribution in [1.29, 1.82) is 0 Å². The van der Waals surface area contributed by atoms with Gasteiger partial charge >= 0.3 is 0 Å². The molecule has 0 heterocycles. The van der Waals surface area contributed by atoms with Crippen LogP contribution >= 0.6 is 0 Å². The first-order valence-electron chi connectivity index (χ1n) is 13.0. The smallest absolute Gasteiger partial charge is 0.264 e. The van der Waals surface area contributed by atoms with E-state index in [1.165, 1.54) is 48.4 Å². The van der Waals surface area contributed by atoms with Gasteiger partial charge in [0.05, 0.1) is 17.7 Å². The second-order valence-electron chi connectivity index (χ2n) is 9.64. The molecule has 0 aliphatic rings. The van der Waals surface area contributed by atoms with Gasteiger partial charge in [-0.05, 0) is 69.2 Å². The minimum Gasteiger partial charge on any atom is -0.495 e. The fourth-order valence-corrected chi connectivity index (χ4v) is 5.45. The van der Waals surface area contributed by atoms with E-state index in [0.717, 1.165) is 9.87 Å². The molecule has 0 saturated heterocycles. The number of hydrogen-bond donors (Lipinski definition) is 1. The van der Waals surface area contributed by atoms with Crippen molar-refractivity contribution in [2.75, 3.05) is 18.0 Å². The number of hydrogen-bond acceptors (Lipinski definition) is 5. The molecule has 0 aromatic heterocycles. The molecule has 0 aliphatic carbocycles. The molecule has 10 heteroatoms. The summed E-state index contributed by atoms with van der Waals surface area (Å²) in [4.78, 5) is 28.4. The monoisotopic (exact) mass is 569 g/mol. The summed E-state index contributed by atoms with van der Waals surface area (Å²) in [5.74, 6) is -1.16. The topological polar surface area (TPSA) is 96.0 Å². The van der Waals surface area contributed by atoms with E-state index < -0.39 is 34.3 Å². The second-order valence-corrected chi connectivity index (χ2v) is 11.5. The Hall–Kier alpha value is -3.92. The van der Waals surface area contributed by atoms with Crippen LogP contribution in [0.25, 0.3) is 0 Å². The highest BCUT2D eigenvalue weighted by Gasteiger charge is 2.34. The maximum atomic E-state index is 14.0. The highest BCUT2D eigenvalue weighted by Crippen LogP contribution is 2.32. The third-order valence-corrected chi connectivity index (χ3v) is 8.45. The highest BCUT2D eigenvalue weighted by atomic mass is 32.2. The van der Waals surface area contributed by atoms with Crippen molar-refractivity contribution in [1.82, 2.24) is 10.2 Å². The van der Waals surface area contributed by atoms with Crippen LogP contribution in [0.2, 0.25) is 0 Å². The van der Waals surface area contributed by atoms with Gasteiger partial charge in [0, 0.05) is 12.6 Å². The standard InChI is InChI=1S/C30H36FN3O5S/c1-6-22(3)32-30(36)23(4)33(19-24-13-15-25(31)16-14-24)29(35)20-34(27-9-7-8-10-28(27)39-5)40(37,38)26-17-11-21(2)12-18-26/h7-18,22-23H,6,19-20H2,1-5H3,(H,32,36)/t22-,23+/m1/s1. The summed E-state index contributed by atoms with van der Waals surface area (Å²) in [5, 5.41) is 2.88. The average Bonchev–Trinajstić information content (AvgIpc) is 2.95. The normalized spacial score (nSPS) is 12.8. The van der Waals surface area contributed by atoms with E-state index >= 15 is 0 Å². The number of carbonyl (C=O) groups excluding carboxylic acids is 2. The molecule has 3 rings (SSSR count). The van der Waals surface area contributed by atoms with Gasteiger partial charge in [-0.2, -0.15) is 0 Å². The number of amides is 2. The lowest BCUT2D eigenvalue weighted by Crippen LogP contribution is -2.52. The predicted molar refractivity (Wildman–Crippen MR) is 153 cm³/mol. The molecule has 2 atom stereocenters. The van der Waals surface area contributed by atoms with Crippen LogP contribution in [0.4, 0.5) is 10.1 Å². The van der Waals surface area contributed by atoms with Gasteiger partial charge in [-0.25, -0.2) is 12.8 Å². The summed E-state index contributed by atoms with van der Waals surface area (Å²) in [6.45, 7) is 6.59. The summed E-state index contributed by atoms with van der Waals surface area (Å²) >= 11 is 0. The number of nitrogens with zero attached hydrogens (tertiary/aromatic N) is 2. The summed E-state index contributed by atoms with van der Waals surface area (Å²) in [6.07, 6.45) is 0.695. The van der Waals surface area contributed by atoms with Crippen molar-refractivity contribution in [3.63, 3.8) is 0 Å². The Kier molecular flexibility index (Phi) is 10.3. The molecule has 0 unspecified atom stereocenters. The van der Waals surface area contributed by atoms with E-state index in [-0.39, 0.29) is 34.8 Å². The molecule has 0 fully saturated rings. The first kappa shape index (κ1) is 30.6. The molecule has 0 radical (unpaired) electrons. The molecule has 0 spiro atoms. The first-order valence-corrected chi connectivity index (χ1v) is 14.5. The Bertz CT molecular complexity index is 1410. The zero-order valence-corrected chi connectivity index (χ0v) is 24.2. The summed E-state index contributed by atoms with van der Waals surface area (Å²) < 4.78 is 47.9. The van der Waals surface area contributed by atoms with E-state index in [0.29, 0.717) is 12.0 Å². The number of rotatable bonds is 12. The summed E-state index contributed by atoms with van der Waals surface area (Å²) in [6, 6.07) is 17.4. The minimum absolute atomic E-state index is 0.00412. The molecule has 0 saturated carbocycles. The van der Waals surface area contributed by atoms with Gasteiger partial charge in [-0.3, -0.25) is 13.9 Å². The maximum absolute atomic E-state index is 14.0. The van der Waals surface area contributed by atoms with Crippen molar-refractivity contribution in [3.8, 4) is 5.75 Å². The fraction of sp³-hybridized carbons (Fsp3) is 0.333. The van der Waals surface area contributed by atoms with Gasteiger partial charge < -0.3 is 15.0 Å². The Morgan fingerprint density at radius 2 is 1.60 bits per heavy atom. The molecule has 2 amide bonds. The van der Waals surface area contributed by atoms with E-state index in [1.54, 1.807) is 43.3 Å². The van der Waals surface area contributed by atoms with Gasteiger partial charge in [0.25, 0.3) is 10.0 Å². The predicted octanol–water partition coefficient (Wildman–Crippen LogP) is 4.67. The highest BCUT2D eigenvalue weighted by molar-refractivity contribution is 7.92. The minimum atomic E-state index is -4.22. The van der Waals surface area contributed by atoms with Gasteiger partial charge in [-0.15, -0.1) is 0 Å². The SMILES string of the molecule is CC[C@@H](C)NC(=O)[C@H](C)N(Cc1ccc(F)cc1)C(=O)CN(c1ccccc1OC)S(=O)(=O)c1ccc(C)cc1. The second kappa shape index (κ2) is 13.4. The quantitative estimate of drug-likeness (QED) is 0.342. The van der Waals surface area contributed by atoms with Crippen LogP contribution < -0.4 is 14.4 Å². The molecular weight excluding hydrogens is 533 g/mol. The van der Waals surface area contributed by atoms with E-state index in [1.807, 2.05) is 20.8 Å². The number of ether oxygens (including phenoxy) is 1. The zero-order valence-electron chi connectivity index (χ0n) is 23.4. The summed E-state index contributed by atoms with van der Waals surface area (Å²) in [7, 11) is -2.81. The molecule has 0 bridgehead atoms. The Balaban J connectivity index is 2.06. The van der Waals surface area contributed by atoms with Gasteiger partial charge in [0.1, 0.15) is 24.2 Å². The van der Waals surface area contributed by atoms with Crippen LogP contribution in [-0.4, -0.2) is 50.9 Å². The molecule has 214 valence electrons. The fourth-order valence-electron chi connectivity index (χ4n) is 4.02. The third-order valence-electron chi connectivity index (χ3n) is 6.68. The summed E-state index contributed by atoms with van der Waals surface area (Å²) in [5.41, 5.74) is 1.64. The van der Waals surface area contributed by atoms with Crippen molar-refractivity contribution < 1.29 is 27.1 Å². The number of nitrogens with one attached hydrogen (secondary N) is 1. The van der Waals surface area contributed by atoms with E-state index in [2.05, 4.69) is 5.32 Å². The number of halogens is 1. The van der Waals surface area contributed by atoms with Gasteiger partial charge in [0.15, 0.2) is 0 Å². The van der Waals surface area contributed by atoms with Gasteiger partial charge in [-0.1, -0.05) is 48.9 Å². The first-order chi connectivity index (χ1) is 19.0. The van der Waals surface area contributed by atoms with Crippen LogP contribution in [0.3, 0.4) is 0 Å². The van der Waals surface area contributed by atoms with Gasteiger partial charge in [0.2, 0.25) is 11.8 Å². The van der Waals surface area contributed by atoms with Crippen molar-refractivity contribution in [2.45, 2.75) is 57.6 Å². The lowest BCUT2D eigenvalue weighted by atomic mass is 10.1. The Labute approximate surface area is 235 Å². The number of sulfonamides is 1. The number of methoxy groups -OCH3 is 1. The number of para-hydroxylation sites is 2. The number of anilines is 1. The van der Waals surface area contributed by atoms with E-state index in [4.69, 9.17) is 4.74 Å². The molecule has 1 N–H and O–H groups in total. The van der Waals surface area contributed by atoms with Crippen LogP contribution in [0.5, 0.6) is 5.75 Å². The molecule has 3 aromatic rings. The number of benzene rings is 3. The van der Waals surface area contributed by atoms with Crippen LogP contribution in [0, 0.1) is 12.7 Å². The number of carbonyl (C=O) groups is 2. The molecular formula is C30H36FN3O5S. The van der Waals surface area contributed by atoms with Crippen LogP contribution in [-0.2, 0) is 26.2 Å². The average molecular weight is 570 g/mol. The molecule has 0 aliphatic heterocycles. The number of aryl methyl sites for hydroxylation is 1.